The Morgan fingerprint density at radius 3 is 2.50 bits per heavy atom. The Morgan fingerprint density at radius 1 is 1.12 bits per heavy atom. The van der Waals surface area contributed by atoms with E-state index in [1.165, 1.54) is 70.8 Å². The quantitative estimate of drug-likeness (QED) is 0.640. The fraction of sp³-hybridized carbons (Fsp3) is 1.00. The first-order chi connectivity index (χ1) is 7.86. The van der Waals surface area contributed by atoms with Gasteiger partial charge in [-0.25, -0.2) is 0 Å². The molecule has 1 nitrogen and oxygen atoms in total. The third-order valence-electron chi connectivity index (χ3n) is 4.11. The topological polar surface area (TPSA) is 12.0 Å². The van der Waals surface area contributed by atoms with Gasteiger partial charge in [-0.05, 0) is 31.7 Å². The maximum atomic E-state index is 3.75. The number of hydrogen-bond acceptors (Lipinski definition) is 1. The average molecular weight is 225 g/mol. The predicted molar refractivity (Wildman–Crippen MR) is 72.8 cm³/mol. The van der Waals surface area contributed by atoms with Crippen LogP contribution >= 0.6 is 0 Å². The highest BCUT2D eigenvalue weighted by Gasteiger charge is 2.13. The Balaban J connectivity index is 2.02. The number of nitrogens with one attached hydrogen (secondary N) is 1. The maximum absolute atomic E-state index is 3.75. The number of rotatable bonds is 8. The van der Waals surface area contributed by atoms with E-state index in [0.717, 1.165) is 12.0 Å². The van der Waals surface area contributed by atoms with Crippen LogP contribution in [-0.4, -0.2) is 12.6 Å². The molecule has 96 valence electrons. The highest BCUT2D eigenvalue weighted by Crippen LogP contribution is 2.25. The molecule has 0 aromatic rings. The van der Waals surface area contributed by atoms with E-state index in [9.17, 15) is 0 Å². The van der Waals surface area contributed by atoms with Crippen LogP contribution in [0, 0.1) is 5.92 Å². The molecule has 0 bridgehead atoms. The van der Waals surface area contributed by atoms with Crippen LogP contribution in [0.1, 0.15) is 78.1 Å². The molecule has 1 atom stereocenters. The number of unbranched alkanes of at least 4 members (excludes halogenated alkanes) is 1. The van der Waals surface area contributed by atoms with Crippen molar-refractivity contribution < 1.29 is 0 Å². The Bertz CT molecular complexity index is 150. The Kier molecular flexibility index (Phi) is 7.92. The van der Waals surface area contributed by atoms with Gasteiger partial charge in [0, 0.05) is 6.04 Å². The van der Waals surface area contributed by atoms with Gasteiger partial charge >= 0.3 is 0 Å². The third kappa shape index (κ3) is 5.89. The molecule has 0 aromatic heterocycles. The van der Waals surface area contributed by atoms with E-state index in [1.54, 1.807) is 0 Å². The van der Waals surface area contributed by atoms with Crippen LogP contribution in [-0.2, 0) is 0 Å². The molecular formula is C15H31N. The van der Waals surface area contributed by atoms with Crippen LogP contribution in [0.5, 0.6) is 0 Å². The van der Waals surface area contributed by atoms with Gasteiger partial charge in [0.15, 0.2) is 0 Å². The van der Waals surface area contributed by atoms with Crippen molar-refractivity contribution in [3.05, 3.63) is 0 Å². The van der Waals surface area contributed by atoms with E-state index in [0.29, 0.717) is 0 Å². The maximum Gasteiger partial charge on any atom is 0.00644 e. The van der Waals surface area contributed by atoms with Crippen LogP contribution in [0.15, 0.2) is 0 Å². The highest BCUT2D eigenvalue weighted by atomic mass is 14.9. The van der Waals surface area contributed by atoms with E-state index >= 15 is 0 Å². The molecule has 1 unspecified atom stereocenters. The molecule has 1 N–H and O–H groups in total. The second kappa shape index (κ2) is 9.04. The van der Waals surface area contributed by atoms with Crippen LogP contribution in [0.3, 0.4) is 0 Å². The lowest BCUT2D eigenvalue weighted by molar-refractivity contribution is 0.323. The van der Waals surface area contributed by atoms with Gasteiger partial charge in [-0.15, -0.1) is 0 Å². The Labute approximate surface area is 102 Å². The van der Waals surface area contributed by atoms with Crippen molar-refractivity contribution >= 4 is 0 Å². The second-order valence-electron chi connectivity index (χ2n) is 5.49. The highest BCUT2D eigenvalue weighted by molar-refractivity contribution is 4.69. The van der Waals surface area contributed by atoms with E-state index in [4.69, 9.17) is 0 Å². The normalized spacial score (nSPS) is 19.9. The minimum Gasteiger partial charge on any atom is -0.314 e. The van der Waals surface area contributed by atoms with Crippen molar-refractivity contribution in [2.45, 2.75) is 84.1 Å². The molecule has 0 amide bonds. The first-order valence-corrected chi connectivity index (χ1v) is 7.60. The lowest BCUT2D eigenvalue weighted by atomic mass is 9.87. The van der Waals surface area contributed by atoms with E-state index in [-0.39, 0.29) is 0 Å². The largest absolute Gasteiger partial charge is 0.314 e. The van der Waals surface area contributed by atoms with Crippen molar-refractivity contribution in [2.24, 2.45) is 5.92 Å². The summed E-state index contributed by atoms with van der Waals surface area (Å²) < 4.78 is 0. The standard InChI is InChI=1S/C15H31N/c1-3-5-11-15(4-2)16-13-12-14-9-7-6-8-10-14/h14-16H,3-13H2,1-2H3. The summed E-state index contributed by atoms with van der Waals surface area (Å²) in [4.78, 5) is 0. The first-order valence-electron chi connectivity index (χ1n) is 7.60. The molecule has 0 radical (unpaired) electrons. The molecule has 1 heteroatoms. The number of hydrogen-bond donors (Lipinski definition) is 1. The molecule has 0 aromatic carbocycles. The summed E-state index contributed by atoms with van der Waals surface area (Å²) in [6, 6.07) is 0.781. The van der Waals surface area contributed by atoms with Crippen LogP contribution in [0.2, 0.25) is 0 Å². The van der Waals surface area contributed by atoms with E-state index in [1.807, 2.05) is 0 Å². The zero-order valence-electron chi connectivity index (χ0n) is 11.4. The van der Waals surface area contributed by atoms with Gasteiger partial charge in [-0.3, -0.25) is 0 Å². The van der Waals surface area contributed by atoms with E-state index < -0.39 is 0 Å². The SMILES string of the molecule is CCCCC(CC)NCCC1CCCCC1. The van der Waals surface area contributed by atoms with Crippen molar-refractivity contribution in [2.75, 3.05) is 6.54 Å². The molecular weight excluding hydrogens is 194 g/mol. The lowest BCUT2D eigenvalue weighted by Gasteiger charge is -2.23. The van der Waals surface area contributed by atoms with Crippen molar-refractivity contribution in [3.8, 4) is 0 Å². The third-order valence-corrected chi connectivity index (χ3v) is 4.11. The first kappa shape index (κ1) is 14.0. The van der Waals surface area contributed by atoms with Crippen molar-refractivity contribution in [3.63, 3.8) is 0 Å². The zero-order chi connectivity index (χ0) is 11.6. The molecule has 1 saturated carbocycles. The molecule has 1 aliphatic carbocycles. The Hall–Kier alpha value is -0.0400. The molecule has 1 rings (SSSR count). The van der Waals surface area contributed by atoms with Crippen molar-refractivity contribution in [1.29, 1.82) is 0 Å². The van der Waals surface area contributed by atoms with Gasteiger partial charge in [0.1, 0.15) is 0 Å². The lowest BCUT2D eigenvalue weighted by Crippen LogP contribution is -2.30. The van der Waals surface area contributed by atoms with Gasteiger partial charge in [0.2, 0.25) is 0 Å². The van der Waals surface area contributed by atoms with E-state index in [2.05, 4.69) is 19.2 Å². The van der Waals surface area contributed by atoms with Gasteiger partial charge in [0.05, 0.1) is 0 Å². The molecule has 1 aliphatic rings. The molecule has 16 heavy (non-hydrogen) atoms. The smallest absolute Gasteiger partial charge is 0.00644 e. The zero-order valence-corrected chi connectivity index (χ0v) is 11.4. The molecule has 0 aliphatic heterocycles. The van der Waals surface area contributed by atoms with Crippen LogP contribution in [0.25, 0.3) is 0 Å². The summed E-state index contributed by atoms with van der Waals surface area (Å²) in [6.45, 7) is 5.86. The minimum atomic E-state index is 0.781. The molecule has 0 spiro atoms. The van der Waals surface area contributed by atoms with Crippen LogP contribution in [0.4, 0.5) is 0 Å². The second-order valence-corrected chi connectivity index (χ2v) is 5.49. The monoisotopic (exact) mass is 225 g/mol. The summed E-state index contributed by atoms with van der Waals surface area (Å²) in [5.41, 5.74) is 0. The van der Waals surface area contributed by atoms with Gasteiger partial charge < -0.3 is 5.32 Å². The summed E-state index contributed by atoms with van der Waals surface area (Å²) in [7, 11) is 0. The summed E-state index contributed by atoms with van der Waals surface area (Å²) in [6.07, 6.45) is 14.2. The van der Waals surface area contributed by atoms with Crippen molar-refractivity contribution in [1.82, 2.24) is 5.32 Å². The predicted octanol–water partition coefficient (Wildman–Crippen LogP) is 4.52. The average Bonchev–Trinajstić information content (AvgIpc) is 2.35. The Morgan fingerprint density at radius 2 is 1.88 bits per heavy atom. The molecule has 1 fully saturated rings. The molecule has 0 saturated heterocycles. The van der Waals surface area contributed by atoms with Gasteiger partial charge in [-0.1, -0.05) is 58.8 Å². The van der Waals surface area contributed by atoms with Crippen LogP contribution < -0.4 is 5.32 Å². The molecule has 0 heterocycles. The fourth-order valence-corrected chi connectivity index (χ4v) is 2.87. The summed E-state index contributed by atoms with van der Waals surface area (Å²) in [5, 5.41) is 3.75. The van der Waals surface area contributed by atoms with Gasteiger partial charge in [-0.2, -0.15) is 0 Å². The summed E-state index contributed by atoms with van der Waals surface area (Å²) in [5.74, 6) is 1.03. The summed E-state index contributed by atoms with van der Waals surface area (Å²) >= 11 is 0. The fourth-order valence-electron chi connectivity index (χ4n) is 2.87. The van der Waals surface area contributed by atoms with Gasteiger partial charge in [0.25, 0.3) is 0 Å². The minimum absolute atomic E-state index is 0.781.